The van der Waals surface area contributed by atoms with Gasteiger partial charge in [0.2, 0.25) is 0 Å². The molecule has 9 heteroatoms. The lowest BCUT2D eigenvalue weighted by molar-refractivity contribution is 0.103. The number of aromatic nitrogens is 4. The highest BCUT2D eigenvalue weighted by Crippen LogP contribution is 2.40. The lowest BCUT2D eigenvalue weighted by atomic mass is 10.1. The van der Waals surface area contributed by atoms with Gasteiger partial charge in [-0.25, -0.2) is 14.8 Å². The van der Waals surface area contributed by atoms with Gasteiger partial charge in [-0.2, -0.15) is 0 Å². The zero-order valence-corrected chi connectivity index (χ0v) is 16.6. The van der Waals surface area contributed by atoms with Crippen LogP contribution >= 0.6 is 11.3 Å². The summed E-state index contributed by atoms with van der Waals surface area (Å²) in [6.07, 6.45) is 2.27. The number of carbonyl (C=O) groups excluding carboxylic acids is 1. The molecule has 1 fully saturated rings. The predicted octanol–water partition coefficient (Wildman–Crippen LogP) is 3.78. The number of hydrogen-bond donors (Lipinski definition) is 2. The molecule has 0 unspecified atom stereocenters. The first-order valence-electron chi connectivity index (χ1n) is 9.25. The van der Waals surface area contributed by atoms with Gasteiger partial charge >= 0.3 is 5.76 Å². The molecule has 3 heterocycles. The van der Waals surface area contributed by atoms with Gasteiger partial charge in [-0.15, -0.1) is 11.3 Å². The molecular formula is C20H17N5O3S. The summed E-state index contributed by atoms with van der Waals surface area (Å²) in [6, 6.07) is 7.04. The lowest BCUT2D eigenvalue weighted by Crippen LogP contribution is -2.11. The van der Waals surface area contributed by atoms with Crippen LogP contribution in [0.3, 0.4) is 0 Å². The normalized spacial score (nSPS) is 13.7. The van der Waals surface area contributed by atoms with Crippen molar-refractivity contribution in [2.24, 2.45) is 0 Å². The minimum atomic E-state index is -0.627. The van der Waals surface area contributed by atoms with Crippen molar-refractivity contribution in [3.63, 3.8) is 0 Å². The summed E-state index contributed by atoms with van der Waals surface area (Å²) in [6.45, 7) is 3.90. The first-order valence-corrected chi connectivity index (χ1v) is 10.1. The Morgan fingerprint density at radius 2 is 2.10 bits per heavy atom. The van der Waals surface area contributed by atoms with Gasteiger partial charge in [-0.3, -0.25) is 14.3 Å². The molecular weight excluding hydrogens is 390 g/mol. The number of nitrogens with one attached hydrogen (secondary N) is 2. The zero-order chi connectivity index (χ0) is 20.1. The Bertz CT molecular complexity index is 1320. The van der Waals surface area contributed by atoms with E-state index < -0.39 is 5.76 Å². The SMILES string of the molecule is Cc1nc(C2CC2)nc2sc(C(=O)Nc3cccc(-c4noc(=O)[nH]4)c3)c(C)c12. The fourth-order valence-electron chi connectivity index (χ4n) is 3.39. The molecule has 0 atom stereocenters. The molecule has 146 valence electrons. The molecule has 1 aliphatic carbocycles. The van der Waals surface area contributed by atoms with Crippen LogP contribution in [0.5, 0.6) is 0 Å². The minimum Gasteiger partial charge on any atom is -0.321 e. The Balaban J connectivity index is 1.46. The molecule has 1 amide bonds. The summed E-state index contributed by atoms with van der Waals surface area (Å²) in [7, 11) is 0. The van der Waals surface area contributed by atoms with Gasteiger partial charge in [0, 0.05) is 22.6 Å². The lowest BCUT2D eigenvalue weighted by Gasteiger charge is -2.06. The molecule has 0 spiro atoms. The van der Waals surface area contributed by atoms with Crippen LogP contribution in [-0.4, -0.2) is 26.0 Å². The standard InChI is InChI=1S/C20H17N5O3S/c1-9-14-10(2)21-16(11-6-7-11)23-19(14)29-15(9)18(26)22-13-5-3-4-12(8-13)17-24-20(27)28-25-17/h3-5,8,11H,6-7H2,1-2H3,(H,22,26)(H,24,25,27). The number of hydrogen-bond acceptors (Lipinski definition) is 7. The van der Waals surface area contributed by atoms with Crippen LogP contribution in [-0.2, 0) is 0 Å². The van der Waals surface area contributed by atoms with Crippen molar-refractivity contribution in [1.29, 1.82) is 0 Å². The zero-order valence-electron chi connectivity index (χ0n) is 15.8. The Kier molecular flexibility index (Phi) is 4.06. The van der Waals surface area contributed by atoms with Crippen molar-refractivity contribution in [3.05, 3.63) is 56.8 Å². The number of thiophene rings is 1. The molecule has 0 saturated heterocycles. The first-order chi connectivity index (χ1) is 14.0. The maximum Gasteiger partial charge on any atom is 0.439 e. The van der Waals surface area contributed by atoms with E-state index in [9.17, 15) is 9.59 Å². The average molecular weight is 407 g/mol. The van der Waals surface area contributed by atoms with Gasteiger partial charge in [-0.05, 0) is 44.4 Å². The summed E-state index contributed by atoms with van der Waals surface area (Å²) >= 11 is 1.39. The van der Waals surface area contributed by atoms with Crippen molar-refractivity contribution in [2.75, 3.05) is 5.32 Å². The third-order valence-electron chi connectivity index (χ3n) is 4.97. The van der Waals surface area contributed by atoms with E-state index in [-0.39, 0.29) is 5.91 Å². The number of anilines is 1. The van der Waals surface area contributed by atoms with Gasteiger partial charge in [0.1, 0.15) is 10.7 Å². The second-order valence-corrected chi connectivity index (χ2v) is 8.16. The van der Waals surface area contributed by atoms with E-state index in [2.05, 4.69) is 25.0 Å². The van der Waals surface area contributed by atoms with Crippen molar-refractivity contribution in [1.82, 2.24) is 20.1 Å². The van der Waals surface area contributed by atoms with Crippen molar-refractivity contribution in [2.45, 2.75) is 32.6 Å². The predicted molar refractivity (Wildman–Crippen MR) is 109 cm³/mol. The molecule has 1 aliphatic rings. The van der Waals surface area contributed by atoms with Gasteiger partial charge < -0.3 is 5.32 Å². The molecule has 2 N–H and O–H groups in total. The molecule has 8 nitrogen and oxygen atoms in total. The molecule has 0 radical (unpaired) electrons. The van der Waals surface area contributed by atoms with Gasteiger partial charge in [0.25, 0.3) is 5.91 Å². The average Bonchev–Trinajstić information content (AvgIpc) is 3.37. The van der Waals surface area contributed by atoms with Crippen LogP contribution in [0.2, 0.25) is 0 Å². The number of carbonyl (C=O) groups is 1. The number of aryl methyl sites for hydroxylation is 2. The van der Waals surface area contributed by atoms with Crippen molar-refractivity contribution in [3.8, 4) is 11.4 Å². The molecule has 0 bridgehead atoms. The van der Waals surface area contributed by atoms with E-state index in [1.165, 1.54) is 11.3 Å². The van der Waals surface area contributed by atoms with E-state index >= 15 is 0 Å². The topological polar surface area (TPSA) is 114 Å². The number of fused-ring (bicyclic) bond motifs is 1. The fourth-order valence-corrected chi connectivity index (χ4v) is 4.52. The molecule has 29 heavy (non-hydrogen) atoms. The van der Waals surface area contributed by atoms with Crippen molar-refractivity contribution < 1.29 is 9.32 Å². The van der Waals surface area contributed by atoms with Crippen LogP contribution < -0.4 is 11.1 Å². The fraction of sp³-hybridized carbons (Fsp3) is 0.250. The van der Waals surface area contributed by atoms with Crippen LogP contribution in [0.1, 0.15) is 45.5 Å². The van der Waals surface area contributed by atoms with Crippen LogP contribution in [0.15, 0.2) is 33.6 Å². The first kappa shape index (κ1) is 17.7. The maximum atomic E-state index is 13.0. The van der Waals surface area contributed by atoms with E-state index in [4.69, 9.17) is 4.98 Å². The molecule has 3 aromatic heterocycles. The van der Waals surface area contributed by atoms with Gasteiger partial charge in [-0.1, -0.05) is 17.3 Å². The summed E-state index contributed by atoms with van der Waals surface area (Å²) in [5, 5.41) is 7.55. The third-order valence-corrected chi connectivity index (χ3v) is 6.16. The molecule has 1 aromatic carbocycles. The monoisotopic (exact) mass is 407 g/mol. The summed E-state index contributed by atoms with van der Waals surface area (Å²) < 4.78 is 4.54. The second kappa shape index (κ2) is 6.63. The number of rotatable bonds is 4. The highest BCUT2D eigenvalue weighted by atomic mass is 32.1. The van der Waals surface area contributed by atoms with Crippen molar-refractivity contribution >= 4 is 33.1 Å². The second-order valence-electron chi connectivity index (χ2n) is 7.16. The van der Waals surface area contributed by atoms with Gasteiger partial charge in [0.15, 0.2) is 5.82 Å². The smallest absolute Gasteiger partial charge is 0.321 e. The summed E-state index contributed by atoms with van der Waals surface area (Å²) in [4.78, 5) is 37.4. The number of nitrogens with zero attached hydrogens (tertiary/aromatic N) is 3. The molecule has 5 rings (SSSR count). The number of amides is 1. The van der Waals surface area contributed by atoms with E-state index in [0.29, 0.717) is 27.9 Å². The minimum absolute atomic E-state index is 0.205. The Morgan fingerprint density at radius 1 is 1.28 bits per heavy atom. The number of aromatic amines is 1. The van der Waals surface area contributed by atoms with E-state index in [1.807, 2.05) is 13.8 Å². The van der Waals surface area contributed by atoms with E-state index in [0.717, 1.165) is 40.1 Å². The highest BCUT2D eigenvalue weighted by molar-refractivity contribution is 7.20. The summed E-state index contributed by atoms with van der Waals surface area (Å²) in [5.74, 6) is 0.824. The van der Waals surface area contributed by atoms with Gasteiger partial charge in [0.05, 0.1) is 10.6 Å². The van der Waals surface area contributed by atoms with Crippen LogP contribution in [0.25, 0.3) is 21.6 Å². The molecule has 0 aliphatic heterocycles. The van der Waals surface area contributed by atoms with E-state index in [1.54, 1.807) is 24.3 Å². The van der Waals surface area contributed by atoms with Crippen LogP contribution in [0, 0.1) is 13.8 Å². The largest absolute Gasteiger partial charge is 0.439 e. The third kappa shape index (κ3) is 3.23. The van der Waals surface area contributed by atoms with Crippen LogP contribution in [0.4, 0.5) is 5.69 Å². The maximum absolute atomic E-state index is 13.0. The highest BCUT2D eigenvalue weighted by Gasteiger charge is 2.28. The Hall–Kier alpha value is -3.33. The molecule has 1 saturated carbocycles. The quantitative estimate of drug-likeness (QED) is 0.532. The molecule has 4 aromatic rings. The Morgan fingerprint density at radius 3 is 2.83 bits per heavy atom. The number of H-pyrrole nitrogens is 1. The Labute approximate surface area is 169 Å². The number of benzene rings is 1. The summed E-state index contributed by atoms with van der Waals surface area (Å²) in [5.41, 5.74) is 3.04.